The van der Waals surface area contributed by atoms with Crippen LogP contribution >= 0.6 is 0 Å². The summed E-state index contributed by atoms with van der Waals surface area (Å²) >= 11 is 0. The minimum absolute atomic E-state index is 0.791. The zero-order chi connectivity index (χ0) is 15.8. The third kappa shape index (κ3) is 4.62. The Morgan fingerprint density at radius 2 is 2.23 bits per heavy atom. The summed E-state index contributed by atoms with van der Waals surface area (Å²) in [6.45, 7) is 2.75. The predicted octanol–water partition coefficient (Wildman–Crippen LogP) is 1.47. The molecule has 0 spiro atoms. The summed E-state index contributed by atoms with van der Waals surface area (Å²) in [5, 5.41) is 10.3. The Morgan fingerprint density at radius 3 is 3.00 bits per heavy atom. The molecule has 0 saturated heterocycles. The molecular weight excluding hydrogens is 276 g/mol. The van der Waals surface area contributed by atoms with Crippen molar-refractivity contribution >= 4 is 0 Å². The van der Waals surface area contributed by atoms with E-state index in [1.54, 1.807) is 7.11 Å². The number of aromatic amines is 1. The molecule has 0 amide bonds. The number of nitrogens with zero attached hydrogens (tertiary/aromatic N) is 2. The number of likely N-dealkylation sites (N-methyl/N-ethyl adjacent to an activating group) is 2. The average Bonchev–Trinajstić information content (AvgIpc) is 2.98. The SMILES string of the molecule is CNCCN(C)Cc1c[nH]nc1C#Cc1cccc(OC)c1. The first-order valence-corrected chi connectivity index (χ1v) is 7.25. The number of H-pyrrole nitrogens is 1. The standard InChI is InChI=1S/C17H22N4O/c1-18-9-10-21(2)13-15-12-19-20-17(15)8-7-14-5-4-6-16(11-14)22-3/h4-6,11-12,18H,9-10,13H2,1-3H3,(H,19,20). The molecular formula is C17H22N4O. The quantitative estimate of drug-likeness (QED) is 0.793. The lowest BCUT2D eigenvalue weighted by molar-refractivity contribution is 0.328. The molecule has 5 nitrogen and oxygen atoms in total. The van der Waals surface area contributed by atoms with Crippen LogP contribution in [0.25, 0.3) is 0 Å². The molecule has 22 heavy (non-hydrogen) atoms. The fourth-order valence-electron chi connectivity index (χ4n) is 2.05. The van der Waals surface area contributed by atoms with Gasteiger partial charge in [-0.05, 0) is 38.2 Å². The second-order valence-electron chi connectivity index (χ2n) is 5.08. The van der Waals surface area contributed by atoms with Gasteiger partial charge in [0.15, 0.2) is 0 Å². The van der Waals surface area contributed by atoms with Crippen LogP contribution in [-0.2, 0) is 6.54 Å². The minimum Gasteiger partial charge on any atom is -0.497 e. The van der Waals surface area contributed by atoms with E-state index in [0.717, 1.165) is 42.2 Å². The van der Waals surface area contributed by atoms with Gasteiger partial charge in [-0.2, -0.15) is 5.10 Å². The van der Waals surface area contributed by atoms with E-state index in [1.807, 2.05) is 37.5 Å². The second-order valence-corrected chi connectivity index (χ2v) is 5.08. The van der Waals surface area contributed by atoms with Crippen molar-refractivity contribution in [2.24, 2.45) is 0 Å². The monoisotopic (exact) mass is 298 g/mol. The van der Waals surface area contributed by atoms with Crippen molar-refractivity contribution in [2.45, 2.75) is 6.54 Å². The molecule has 0 atom stereocenters. The largest absolute Gasteiger partial charge is 0.497 e. The number of aromatic nitrogens is 2. The van der Waals surface area contributed by atoms with Crippen LogP contribution in [0.3, 0.4) is 0 Å². The number of nitrogens with one attached hydrogen (secondary N) is 2. The molecule has 1 aromatic heterocycles. The normalized spacial score (nSPS) is 10.4. The smallest absolute Gasteiger partial charge is 0.139 e. The number of rotatable bonds is 6. The third-order valence-electron chi connectivity index (χ3n) is 3.30. The number of hydrogen-bond acceptors (Lipinski definition) is 4. The molecule has 0 radical (unpaired) electrons. The van der Waals surface area contributed by atoms with Crippen molar-refractivity contribution in [2.75, 3.05) is 34.3 Å². The van der Waals surface area contributed by atoms with Crippen molar-refractivity contribution < 1.29 is 4.74 Å². The molecule has 2 rings (SSSR count). The Balaban J connectivity index is 2.08. The van der Waals surface area contributed by atoms with Gasteiger partial charge in [0.05, 0.1) is 7.11 Å². The highest BCUT2D eigenvalue weighted by Crippen LogP contribution is 2.12. The van der Waals surface area contributed by atoms with Gasteiger partial charge in [0, 0.05) is 37.0 Å². The van der Waals surface area contributed by atoms with E-state index in [2.05, 4.69) is 39.3 Å². The maximum absolute atomic E-state index is 5.20. The highest BCUT2D eigenvalue weighted by molar-refractivity contribution is 5.44. The second kappa shape index (κ2) is 8.23. The number of benzene rings is 1. The Morgan fingerprint density at radius 1 is 1.36 bits per heavy atom. The van der Waals surface area contributed by atoms with Gasteiger partial charge >= 0.3 is 0 Å². The first kappa shape index (κ1) is 16.1. The fraction of sp³-hybridized carbons (Fsp3) is 0.353. The molecule has 0 aliphatic heterocycles. The minimum atomic E-state index is 0.791. The first-order chi connectivity index (χ1) is 10.7. The van der Waals surface area contributed by atoms with E-state index in [9.17, 15) is 0 Å². The molecule has 116 valence electrons. The van der Waals surface area contributed by atoms with Gasteiger partial charge in [0.25, 0.3) is 0 Å². The molecule has 1 aromatic carbocycles. The lowest BCUT2D eigenvalue weighted by atomic mass is 10.2. The van der Waals surface area contributed by atoms with Crippen molar-refractivity contribution in [3.63, 3.8) is 0 Å². The van der Waals surface area contributed by atoms with Crippen LogP contribution < -0.4 is 10.1 Å². The Labute approximate surface area is 131 Å². The van der Waals surface area contributed by atoms with E-state index in [-0.39, 0.29) is 0 Å². The molecule has 0 unspecified atom stereocenters. The summed E-state index contributed by atoms with van der Waals surface area (Å²) in [5.74, 6) is 7.07. The van der Waals surface area contributed by atoms with Crippen LogP contribution in [0, 0.1) is 11.8 Å². The first-order valence-electron chi connectivity index (χ1n) is 7.25. The summed E-state index contributed by atoms with van der Waals surface area (Å²) in [6, 6.07) is 7.71. The van der Waals surface area contributed by atoms with Crippen LogP contribution in [0.4, 0.5) is 0 Å². The molecule has 0 aliphatic rings. The Hall–Kier alpha value is -2.29. The summed E-state index contributed by atoms with van der Waals surface area (Å²) in [7, 11) is 5.69. The molecule has 2 aromatic rings. The predicted molar refractivity (Wildman–Crippen MR) is 87.8 cm³/mol. The van der Waals surface area contributed by atoms with Gasteiger partial charge in [-0.3, -0.25) is 5.10 Å². The fourth-order valence-corrected chi connectivity index (χ4v) is 2.05. The molecule has 0 aliphatic carbocycles. The van der Waals surface area contributed by atoms with E-state index < -0.39 is 0 Å². The van der Waals surface area contributed by atoms with Gasteiger partial charge in [-0.15, -0.1) is 0 Å². The molecule has 0 bridgehead atoms. The maximum atomic E-state index is 5.20. The zero-order valence-electron chi connectivity index (χ0n) is 13.3. The highest BCUT2D eigenvalue weighted by Gasteiger charge is 2.06. The Kier molecular flexibility index (Phi) is 6.01. The van der Waals surface area contributed by atoms with Crippen molar-refractivity contribution in [1.82, 2.24) is 20.4 Å². The topological polar surface area (TPSA) is 53.2 Å². The third-order valence-corrected chi connectivity index (χ3v) is 3.30. The molecule has 0 saturated carbocycles. The van der Waals surface area contributed by atoms with Crippen LogP contribution in [0.1, 0.15) is 16.8 Å². The van der Waals surface area contributed by atoms with Crippen LogP contribution in [0.2, 0.25) is 0 Å². The molecule has 0 fully saturated rings. The van der Waals surface area contributed by atoms with Gasteiger partial charge in [-0.25, -0.2) is 0 Å². The van der Waals surface area contributed by atoms with Gasteiger partial charge in [-0.1, -0.05) is 12.0 Å². The summed E-state index contributed by atoms with van der Waals surface area (Å²) in [6.07, 6.45) is 1.91. The average molecular weight is 298 g/mol. The molecule has 1 heterocycles. The van der Waals surface area contributed by atoms with Crippen molar-refractivity contribution in [3.05, 3.63) is 47.3 Å². The van der Waals surface area contributed by atoms with Crippen molar-refractivity contribution in [1.29, 1.82) is 0 Å². The number of hydrogen-bond donors (Lipinski definition) is 2. The number of methoxy groups -OCH3 is 1. The lowest BCUT2D eigenvalue weighted by Crippen LogP contribution is -2.27. The van der Waals surface area contributed by atoms with Crippen molar-refractivity contribution in [3.8, 4) is 17.6 Å². The van der Waals surface area contributed by atoms with E-state index in [0.29, 0.717) is 0 Å². The van der Waals surface area contributed by atoms with Gasteiger partial charge in [0.2, 0.25) is 0 Å². The van der Waals surface area contributed by atoms with Gasteiger partial charge < -0.3 is 15.0 Å². The molecule has 5 heteroatoms. The summed E-state index contributed by atoms with van der Waals surface area (Å²) in [4.78, 5) is 2.23. The van der Waals surface area contributed by atoms with E-state index >= 15 is 0 Å². The lowest BCUT2D eigenvalue weighted by Gasteiger charge is -2.15. The molecule has 2 N–H and O–H groups in total. The summed E-state index contributed by atoms with van der Waals surface area (Å²) < 4.78 is 5.20. The maximum Gasteiger partial charge on any atom is 0.139 e. The summed E-state index contributed by atoms with van der Waals surface area (Å²) in [5.41, 5.74) is 2.81. The van der Waals surface area contributed by atoms with Crippen LogP contribution in [0.15, 0.2) is 30.5 Å². The Bertz CT molecular complexity index is 654. The zero-order valence-corrected chi connectivity index (χ0v) is 13.3. The van der Waals surface area contributed by atoms with E-state index in [4.69, 9.17) is 4.74 Å². The van der Waals surface area contributed by atoms with Crippen LogP contribution in [0.5, 0.6) is 5.75 Å². The van der Waals surface area contributed by atoms with Crippen LogP contribution in [-0.4, -0.2) is 49.4 Å². The van der Waals surface area contributed by atoms with E-state index in [1.165, 1.54) is 0 Å². The highest BCUT2D eigenvalue weighted by atomic mass is 16.5. The van der Waals surface area contributed by atoms with Gasteiger partial charge in [0.1, 0.15) is 11.4 Å². The number of ether oxygens (including phenoxy) is 1.